The monoisotopic (exact) mass is 210 g/mol. The topological polar surface area (TPSA) is 70.1 Å². The first-order valence-corrected chi connectivity index (χ1v) is 5.11. The summed E-state index contributed by atoms with van der Waals surface area (Å²) in [5, 5.41) is 15.3. The number of hydrogen-bond acceptors (Lipinski definition) is 5. The highest BCUT2D eigenvalue weighted by atomic mass is 16.3. The van der Waals surface area contributed by atoms with E-state index >= 15 is 0 Å². The third-order valence-electron chi connectivity index (χ3n) is 1.82. The van der Waals surface area contributed by atoms with Crippen LogP contribution < -0.4 is 10.6 Å². The van der Waals surface area contributed by atoms with Crippen LogP contribution in [-0.2, 0) is 0 Å². The molecule has 3 N–H and O–H groups in total. The smallest absolute Gasteiger partial charge is 0.129 e. The van der Waals surface area contributed by atoms with E-state index in [1.165, 1.54) is 0 Å². The molecular weight excluding hydrogens is 192 g/mol. The van der Waals surface area contributed by atoms with Crippen molar-refractivity contribution in [2.24, 2.45) is 0 Å². The molecule has 0 saturated carbocycles. The van der Waals surface area contributed by atoms with Crippen LogP contribution in [0.15, 0.2) is 12.3 Å². The lowest BCUT2D eigenvalue weighted by Gasteiger charge is -2.08. The molecule has 0 amide bonds. The van der Waals surface area contributed by atoms with Gasteiger partial charge in [0.2, 0.25) is 0 Å². The molecule has 5 heteroatoms. The lowest BCUT2D eigenvalue weighted by molar-refractivity contribution is 0.192. The van der Waals surface area contributed by atoms with Gasteiger partial charge in [-0.15, -0.1) is 0 Å². The highest BCUT2D eigenvalue weighted by Crippen LogP contribution is 1.99. The van der Waals surface area contributed by atoms with Crippen LogP contribution in [0.4, 0.5) is 5.82 Å². The molecule has 0 spiro atoms. The Morgan fingerprint density at radius 1 is 1.47 bits per heavy atom. The molecule has 1 aromatic heterocycles. The molecule has 5 nitrogen and oxygen atoms in total. The zero-order chi connectivity index (χ0) is 11.1. The summed E-state index contributed by atoms with van der Waals surface area (Å²) in [6.07, 6.45) is 1.43. The van der Waals surface area contributed by atoms with Gasteiger partial charge in [0.05, 0.1) is 6.10 Å². The van der Waals surface area contributed by atoms with E-state index in [0.717, 1.165) is 24.7 Å². The molecule has 0 radical (unpaired) electrons. The lowest BCUT2D eigenvalue weighted by atomic mass is 10.4. The maximum Gasteiger partial charge on any atom is 0.129 e. The molecule has 0 saturated heterocycles. The molecule has 0 aliphatic heterocycles. The number of aryl methyl sites for hydroxylation is 1. The molecule has 0 aliphatic carbocycles. The van der Waals surface area contributed by atoms with Gasteiger partial charge in [-0.05, 0) is 19.9 Å². The van der Waals surface area contributed by atoms with Gasteiger partial charge in [0.25, 0.3) is 0 Å². The summed E-state index contributed by atoms with van der Waals surface area (Å²) >= 11 is 0. The van der Waals surface area contributed by atoms with E-state index in [-0.39, 0.29) is 6.10 Å². The fraction of sp³-hybridized carbons (Fsp3) is 0.600. The Hall–Kier alpha value is -1.20. The summed E-state index contributed by atoms with van der Waals surface area (Å²) in [6, 6.07) is 1.83. The van der Waals surface area contributed by atoms with E-state index in [1.54, 1.807) is 13.1 Å². The van der Waals surface area contributed by atoms with Crippen molar-refractivity contribution in [3.63, 3.8) is 0 Å². The van der Waals surface area contributed by atoms with Crippen molar-refractivity contribution < 1.29 is 5.11 Å². The molecule has 0 aliphatic rings. The van der Waals surface area contributed by atoms with Gasteiger partial charge in [0.15, 0.2) is 0 Å². The fourth-order valence-electron chi connectivity index (χ4n) is 1.14. The second-order valence-electron chi connectivity index (χ2n) is 3.47. The van der Waals surface area contributed by atoms with Crippen LogP contribution in [0.5, 0.6) is 0 Å². The number of aliphatic hydroxyl groups is 1. The standard InChI is InChI=1S/C10H18N4O/c1-8(15)7-11-5-6-13-10-3-4-12-9(2)14-10/h3-4,8,11,15H,5-7H2,1-2H3,(H,12,13,14). The Kier molecular flexibility index (Phi) is 5.00. The number of rotatable bonds is 6. The molecule has 0 aromatic carbocycles. The van der Waals surface area contributed by atoms with E-state index in [2.05, 4.69) is 20.6 Å². The van der Waals surface area contributed by atoms with Gasteiger partial charge < -0.3 is 15.7 Å². The van der Waals surface area contributed by atoms with Crippen LogP contribution in [-0.4, -0.2) is 40.8 Å². The van der Waals surface area contributed by atoms with E-state index in [0.29, 0.717) is 6.54 Å². The molecule has 1 unspecified atom stereocenters. The molecule has 1 aromatic rings. The van der Waals surface area contributed by atoms with E-state index < -0.39 is 0 Å². The number of nitrogens with one attached hydrogen (secondary N) is 2. The number of nitrogens with zero attached hydrogens (tertiary/aromatic N) is 2. The van der Waals surface area contributed by atoms with Gasteiger partial charge >= 0.3 is 0 Å². The van der Waals surface area contributed by atoms with Gasteiger partial charge in [-0.2, -0.15) is 0 Å². The third kappa shape index (κ3) is 5.29. The van der Waals surface area contributed by atoms with Crippen LogP contribution in [0.2, 0.25) is 0 Å². The van der Waals surface area contributed by atoms with Crippen LogP contribution in [0, 0.1) is 6.92 Å². The second kappa shape index (κ2) is 6.31. The first kappa shape index (κ1) is 11.9. The van der Waals surface area contributed by atoms with Crippen LogP contribution in [0.1, 0.15) is 12.7 Å². The Labute approximate surface area is 90.0 Å². The molecule has 1 rings (SSSR count). The molecular formula is C10H18N4O. The third-order valence-corrected chi connectivity index (χ3v) is 1.82. The van der Waals surface area contributed by atoms with Crippen molar-refractivity contribution in [1.29, 1.82) is 0 Å². The van der Waals surface area contributed by atoms with E-state index in [9.17, 15) is 0 Å². The molecule has 1 heterocycles. The van der Waals surface area contributed by atoms with Crippen molar-refractivity contribution >= 4 is 5.82 Å². The first-order chi connectivity index (χ1) is 7.18. The second-order valence-corrected chi connectivity index (χ2v) is 3.47. The van der Waals surface area contributed by atoms with E-state index in [1.807, 2.05) is 13.0 Å². The summed E-state index contributed by atoms with van der Waals surface area (Å²) in [5.41, 5.74) is 0. The Balaban J connectivity index is 2.15. The Morgan fingerprint density at radius 2 is 2.27 bits per heavy atom. The summed E-state index contributed by atoms with van der Waals surface area (Å²) in [6.45, 7) is 5.81. The maximum absolute atomic E-state index is 9.00. The van der Waals surface area contributed by atoms with Crippen LogP contribution in [0.25, 0.3) is 0 Å². The number of hydrogen-bond donors (Lipinski definition) is 3. The minimum atomic E-state index is -0.300. The Morgan fingerprint density at radius 3 is 2.93 bits per heavy atom. The van der Waals surface area contributed by atoms with Gasteiger partial charge in [0, 0.05) is 25.8 Å². The molecule has 1 atom stereocenters. The number of aliphatic hydroxyl groups excluding tert-OH is 1. The van der Waals surface area contributed by atoms with Gasteiger partial charge in [-0.3, -0.25) is 0 Å². The zero-order valence-corrected chi connectivity index (χ0v) is 9.20. The number of anilines is 1. The fourth-order valence-corrected chi connectivity index (χ4v) is 1.14. The highest BCUT2D eigenvalue weighted by Gasteiger charge is 1.95. The maximum atomic E-state index is 9.00. The van der Waals surface area contributed by atoms with Crippen molar-refractivity contribution in [3.05, 3.63) is 18.1 Å². The van der Waals surface area contributed by atoms with Crippen molar-refractivity contribution in [2.45, 2.75) is 20.0 Å². The zero-order valence-electron chi connectivity index (χ0n) is 9.20. The average molecular weight is 210 g/mol. The summed E-state index contributed by atoms with van der Waals surface area (Å²) in [5.74, 6) is 1.60. The van der Waals surface area contributed by atoms with Gasteiger partial charge in [-0.1, -0.05) is 0 Å². The summed E-state index contributed by atoms with van der Waals surface area (Å²) in [4.78, 5) is 8.21. The average Bonchev–Trinajstić information content (AvgIpc) is 2.17. The predicted octanol–water partition coefficient (Wildman–Crippen LogP) is 0.167. The minimum absolute atomic E-state index is 0.300. The minimum Gasteiger partial charge on any atom is -0.392 e. The van der Waals surface area contributed by atoms with Crippen LogP contribution >= 0.6 is 0 Å². The molecule has 15 heavy (non-hydrogen) atoms. The van der Waals surface area contributed by atoms with Crippen molar-refractivity contribution in [2.75, 3.05) is 25.0 Å². The van der Waals surface area contributed by atoms with Gasteiger partial charge in [-0.25, -0.2) is 9.97 Å². The number of aromatic nitrogens is 2. The van der Waals surface area contributed by atoms with Crippen molar-refractivity contribution in [1.82, 2.24) is 15.3 Å². The van der Waals surface area contributed by atoms with Gasteiger partial charge in [0.1, 0.15) is 11.6 Å². The summed E-state index contributed by atoms with van der Waals surface area (Å²) < 4.78 is 0. The predicted molar refractivity (Wildman–Crippen MR) is 59.8 cm³/mol. The quantitative estimate of drug-likeness (QED) is 0.584. The van der Waals surface area contributed by atoms with E-state index in [4.69, 9.17) is 5.11 Å². The Bertz CT molecular complexity index is 291. The first-order valence-electron chi connectivity index (χ1n) is 5.11. The highest BCUT2D eigenvalue weighted by molar-refractivity contribution is 5.32. The largest absolute Gasteiger partial charge is 0.392 e. The van der Waals surface area contributed by atoms with Crippen LogP contribution in [0.3, 0.4) is 0 Å². The molecule has 0 fully saturated rings. The summed E-state index contributed by atoms with van der Waals surface area (Å²) in [7, 11) is 0. The molecule has 84 valence electrons. The van der Waals surface area contributed by atoms with Crippen molar-refractivity contribution in [3.8, 4) is 0 Å². The SMILES string of the molecule is Cc1nccc(NCCNCC(C)O)n1. The normalized spacial score (nSPS) is 12.5. The molecule has 0 bridgehead atoms. The lowest BCUT2D eigenvalue weighted by Crippen LogP contribution is -2.29.